The Kier molecular flexibility index (Phi) is 26.5. The molecule has 6 aromatic rings. The minimum Gasteiger partial charge on any atom is -0.444 e. The van der Waals surface area contributed by atoms with Gasteiger partial charge in [0, 0.05) is 168 Å². The molecule has 27 heteroatoms. The average Bonchev–Trinajstić information content (AvgIpc) is 1.09. The maximum absolute atomic E-state index is 15.0. The second-order valence-corrected chi connectivity index (χ2v) is 26.5. The summed E-state index contributed by atoms with van der Waals surface area (Å²) in [6, 6.07) is 24.1. The van der Waals surface area contributed by atoms with E-state index in [0.717, 1.165) is 22.8 Å². The molecule has 3 aliphatic rings. The lowest BCUT2D eigenvalue weighted by atomic mass is 10.1. The first-order valence-electron chi connectivity index (χ1n) is 30.3. The van der Waals surface area contributed by atoms with Crippen molar-refractivity contribution in [2.45, 2.75) is 100 Å². The van der Waals surface area contributed by atoms with Gasteiger partial charge in [0.05, 0.1) is 22.8 Å². The molecule has 3 aromatic carbocycles. The molecule has 498 valence electrons. The number of nitrogens with one attached hydrogen (secondary N) is 4. The van der Waals surface area contributed by atoms with E-state index >= 15 is 4.39 Å². The van der Waals surface area contributed by atoms with E-state index < -0.39 is 44.9 Å². The van der Waals surface area contributed by atoms with Crippen LogP contribution in [0.25, 0.3) is 0 Å². The summed E-state index contributed by atoms with van der Waals surface area (Å²) in [6.07, 6.45) is 4.25. The van der Waals surface area contributed by atoms with Gasteiger partial charge in [0.25, 0.3) is 0 Å². The fourth-order valence-corrected chi connectivity index (χ4v) is 10.7. The van der Waals surface area contributed by atoms with Crippen molar-refractivity contribution < 1.29 is 50.2 Å². The molecule has 0 aliphatic carbocycles. The number of sulfonamides is 1. The van der Waals surface area contributed by atoms with Crippen LogP contribution in [0.3, 0.4) is 0 Å². The second-order valence-electron chi connectivity index (χ2n) is 24.2. The van der Waals surface area contributed by atoms with Crippen LogP contribution in [0, 0.1) is 38.2 Å². The number of rotatable bonds is 12. The van der Waals surface area contributed by atoms with Crippen molar-refractivity contribution in [1.29, 1.82) is 0 Å². The van der Waals surface area contributed by atoms with E-state index in [4.69, 9.17) is 20.9 Å². The molecule has 0 unspecified atom stereocenters. The van der Waals surface area contributed by atoms with Gasteiger partial charge in [-0.3, -0.25) is 29.7 Å². The molecule has 0 spiro atoms. The van der Waals surface area contributed by atoms with Crippen LogP contribution < -0.4 is 32.7 Å². The Bertz CT molecular complexity index is 3540. The van der Waals surface area contributed by atoms with Crippen LogP contribution in [0.1, 0.15) is 82.2 Å². The Morgan fingerprint density at radius 1 is 0.500 bits per heavy atom. The first kappa shape index (κ1) is 72.4. The zero-order chi connectivity index (χ0) is 67.3. The Hall–Kier alpha value is -8.63. The first-order chi connectivity index (χ1) is 43.4. The maximum Gasteiger partial charge on any atom is 0.410 e. The summed E-state index contributed by atoms with van der Waals surface area (Å²) < 4.78 is 80.0. The highest BCUT2D eigenvalue weighted by atomic mass is 32.2. The van der Waals surface area contributed by atoms with Crippen molar-refractivity contribution in [1.82, 2.24) is 43.8 Å². The molecule has 6 heterocycles. The van der Waals surface area contributed by atoms with Gasteiger partial charge in [-0.1, -0.05) is 36.4 Å². The minimum absolute atomic E-state index is 0.0798. The van der Waals surface area contributed by atoms with E-state index in [1.54, 1.807) is 108 Å². The monoisotopic (exact) mass is 1300 g/mol. The quantitative estimate of drug-likeness (QED) is 0.0622. The standard InChI is InChI=1S/C23H30FN5O3.C20H26FN5O3S.C16H24FN3O2.C6H8N2/c1-16-14-18(8-9-25-16)26-21(30)27-19-7-5-6-17(20(19)24)15-28-10-12-29(13-11-28)22(31)32-23(2,3)4;1-3-30(28,29)26-11-9-25(10-12-26)14-16-5-4-6-18(19(16)21)24-20(27)23-17-7-8-22-15(2)13-17;1-16(2,3)22-15(21)20-9-7-19(8-10-20)11-12-5-4-6-13(18)14(12)17;1-5-4-6(7)2-3-8-5/h5-9,14H,10-13,15H2,1-4H3,(H2,25,26,27,30);4-8,13H,3,9-12,14H2,1-2H3,(H2,22,23,24,27);4-6H,7-11,18H2,1-3H3;2-4H,1H3,(H2,7,8). The number of aryl methyl sites for hydroxylation is 3. The SMILES string of the molecule is CC(C)(C)OC(=O)N1CCN(Cc2cccc(N)c2F)CC1.CCS(=O)(=O)N1CCN(Cc2cccc(NC(=O)Nc3ccnc(C)c3)c2F)CC1.Cc1cc(N)ccn1.Cc1cc(NC(=O)Nc2cccc(CN3CCN(C(=O)OC(C)(C)C)CC3)c2F)ccn1. The Morgan fingerprint density at radius 3 is 1.21 bits per heavy atom. The normalized spacial score (nSPS) is 15.0. The molecule has 23 nitrogen and oxygen atoms in total. The topological polar surface area (TPSA) is 279 Å². The third-order valence-electron chi connectivity index (χ3n) is 14.3. The molecule has 0 atom stereocenters. The average molecular weight is 1300 g/mol. The molecule has 92 heavy (non-hydrogen) atoms. The summed E-state index contributed by atoms with van der Waals surface area (Å²) in [4.78, 5) is 70.3. The first-order valence-corrected chi connectivity index (χ1v) is 31.9. The predicted octanol–water partition coefficient (Wildman–Crippen LogP) is 10.3. The van der Waals surface area contributed by atoms with Crippen molar-refractivity contribution in [2.75, 3.05) is 117 Å². The van der Waals surface area contributed by atoms with Gasteiger partial charge in [0.2, 0.25) is 10.0 Å². The number of carbonyl (C=O) groups excluding carboxylic acids is 4. The summed E-state index contributed by atoms with van der Waals surface area (Å²) >= 11 is 0. The number of pyridine rings is 3. The lowest BCUT2D eigenvalue weighted by Crippen LogP contribution is -2.49. The van der Waals surface area contributed by atoms with Crippen molar-refractivity contribution in [2.24, 2.45) is 0 Å². The van der Waals surface area contributed by atoms with Gasteiger partial charge in [-0.25, -0.2) is 40.8 Å². The molecule has 6 amide bonds. The molecule has 9 rings (SSSR count). The number of ether oxygens (including phenoxy) is 2. The number of nitrogens with two attached hydrogens (primary N) is 2. The fourth-order valence-electron chi connectivity index (χ4n) is 9.60. The summed E-state index contributed by atoms with van der Waals surface area (Å²) in [5.41, 5.74) is 16.3. The lowest BCUT2D eigenvalue weighted by molar-refractivity contribution is 0.0128. The molecule has 3 fully saturated rings. The highest BCUT2D eigenvalue weighted by molar-refractivity contribution is 7.89. The number of piperazine rings is 3. The summed E-state index contributed by atoms with van der Waals surface area (Å²) in [5.74, 6) is -1.24. The smallest absolute Gasteiger partial charge is 0.410 e. The molecular formula is C65H88F3N15O8S. The fraction of sp³-hybridized carbons (Fsp3) is 0.431. The molecule has 3 aliphatic heterocycles. The van der Waals surface area contributed by atoms with Crippen molar-refractivity contribution >= 4 is 68.4 Å². The summed E-state index contributed by atoms with van der Waals surface area (Å²) in [5, 5.41) is 10.4. The van der Waals surface area contributed by atoms with Crippen molar-refractivity contribution in [3.8, 4) is 0 Å². The van der Waals surface area contributed by atoms with E-state index in [0.29, 0.717) is 126 Å². The third-order valence-corrected chi connectivity index (χ3v) is 16.2. The van der Waals surface area contributed by atoms with Crippen molar-refractivity contribution in [3.63, 3.8) is 0 Å². The molecule has 3 aromatic heterocycles. The van der Waals surface area contributed by atoms with E-state index in [9.17, 15) is 36.4 Å². The van der Waals surface area contributed by atoms with Crippen LogP contribution in [0.4, 0.5) is 66.5 Å². The van der Waals surface area contributed by atoms with Gasteiger partial charge in [0.1, 0.15) is 11.2 Å². The highest BCUT2D eigenvalue weighted by Crippen LogP contribution is 2.25. The van der Waals surface area contributed by atoms with E-state index in [-0.39, 0.29) is 40.8 Å². The van der Waals surface area contributed by atoms with Gasteiger partial charge in [0.15, 0.2) is 17.5 Å². The van der Waals surface area contributed by atoms with Gasteiger partial charge in [-0.15, -0.1) is 0 Å². The van der Waals surface area contributed by atoms with Gasteiger partial charge < -0.3 is 52.0 Å². The molecule has 0 radical (unpaired) electrons. The largest absolute Gasteiger partial charge is 0.444 e. The zero-order valence-corrected chi connectivity index (χ0v) is 55.0. The van der Waals surface area contributed by atoms with Crippen molar-refractivity contribution in [3.05, 3.63) is 161 Å². The Labute approximate surface area is 538 Å². The number of carbonyl (C=O) groups is 4. The number of hydrogen-bond acceptors (Lipinski definition) is 16. The lowest BCUT2D eigenvalue weighted by Gasteiger charge is -2.35. The zero-order valence-electron chi connectivity index (χ0n) is 54.2. The predicted molar refractivity (Wildman–Crippen MR) is 353 cm³/mol. The Morgan fingerprint density at radius 2 is 0.859 bits per heavy atom. The molecular weight excluding hydrogens is 1210 g/mol. The van der Waals surface area contributed by atoms with Crippen LogP contribution >= 0.6 is 0 Å². The van der Waals surface area contributed by atoms with E-state index in [1.165, 1.54) is 16.4 Å². The summed E-state index contributed by atoms with van der Waals surface area (Å²) in [7, 11) is -3.20. The van der Waals surface area contributed by atoms with Crippen LogP contribution in [0.5, 0.6) is 0 Å². The van der Waals surface area contributed by atoms with Crippen LogP contribution in [-0.2, 0) is 39.1 Å². The maximum atomic E-state index is 15.0. The number of amides is 6. The number of urea groups is 2. The Balaban J connectivity index is 0.000000209. The van der Waals surface area contributed by atoms with Crippen LogP contribution in [0.2, 0.25) is 0 Å². The van der Waals surface area contributed by atoms with Gasteiger partial charge in [-0.05, 0) is 124 Å². The number of benzene rings is 3. The molecule has 3 saturated heterocycles. The molecule has 8 N–H and O–H groups in total. The second kappa shape index (κ2) is 33.6. The van der Waals surface area contributed by atoms with Gasteiger partial charge in [-0.2, -0.15) is 4.31 Å². The van der Waals surface area contributed by atoms with Crippen LogP contribution in [-0.4, -0.2) is 172 Å². The number of nitrogens with zero attached hydrogens (tertiary/aromatic N) is 9. The third kappa shape index (κ3) is 23.9. The number of aromatic nitrogens is 3. The van der Waals surface area contributed by atoms with E-state index in [1.807, 2.05) is 73.3 Å². The number of halogens is 3. The van der Waals surface area contributed by atoms with Crippen LogP contribution in [0.15, 0.2) is 110 Å². The number of anilines is 6. The number of nitrogen functional groups attached to an aromatic ring is 2. The molecule has 0 saturated carbocycles. The molecule has 0 bridgehead atoms. The highest BCUT2D eigenvalue weighted by Gasteiger charge is 2.30. The van der Waals surface area contributed by atoms with E-state index in [2.05, 4.69) is 46.0 Å². The van der Waals surface area contributed by atoms with Gasteiger partial charge >= 0.3 is 24.2 Å². The minimum atomic E-state index is -3.20. The number of hydrogen-bond donors (Lipinski definition) is 6. The summed E-state index contributed by atoms with van der Waals surface area (Å²) in [6.45, 7) is 26.1.